The minimum Gasteiger partial charge on any atom is -0.465 e. The minimum atomic E-state index is -4.48. The predicted octanol–water partition coefficient (Wildman–Crippen LogP) is 4.79. The van der Waals surface area contributed by atoms with Crippen molar-refractivity contribution in [1.82, 2.24) is 5.32 Å². The van der Waals surface area contributed by atoms with Gasteiger partial charge in [0.05, 0.1) is 11.5 Å². The number of hydrogen-bond acceptors (Lipinski definition) is 3. The molecule has 0 saturated heterocycles. The summed E-state index contributed by atoms with van der Waals surface area (Å²) in [6.07, 6.45) is -7.14. The van der Waals surface area contributed by atoms with E-state index in [1.165, 1.54) is 19.1 Å². The molecule has 5 nitrogen and oxygen atoms in total. The van der Waals surface area contributed by atoms with Crippen LogP contribution in [0.4, 0.5) is 18.0 Å². The lowest BCUT2D eigenvalue weighted by Gasteiger charge is -2.40. The maximum atomic E-state index is 12.8. The van der Waals surface area contributed by atoms with Crippen LogP contribution in [0.1, 0.15) is 44.7 Å². The Morgan fingerprint density at radius 1 is 1.15 bits per heavy atom. The summed E-state index contributed by atoms with van der Waals surface area (Å²) < 4.78 is 44.4. The summed E-state index contributed by atoms with van der Waals surface area (Å²) in [7, 11) is -2.40. The smallest absolute Gasteiger partial charge is 0.416 e. The summed E-state index contributed by atoms with van der Waals surface area (Å²) in [4.78, 5) is 11.0. The fourth-order valence-electron chi connectivity index (χ4n) is 2.43. The van der Waals surface area contributed by atoms with Crippen LogP contribution < -0.4 is 5.32 Å². The average Bonchev–Trinajstić information content (AvgIpc) is 2.44. The molecular weight excluding hydrogens is 379 g/mol. The molecule has 154 valence electrons. The number of benzene rings is 1. The molecule has 0 aliphatic rings. The Morgan fingerprint density at radius 3 is 2.00 bits per heavy atom. The van der Waals surface area contributed by atoms with Crippen molar-refractivity contribution in [3.63, 3.8) is 0 Å². The number of amides is 1. The lowest BCUT2D eigenvalue weighted by Crippen LogP contribution is -2.49. The van der Waals surface area contributed by atoms with Crippen molar-refractivity contribution in [2.24, 2.45) is 0 Å². The average molecular weight is 408 g/mol. The van der Waals surface area contributed by atoms with Crippen molar-refractivity contribution >= 4 is 14.4 Å². The largest absolute Gasteiger partial charge is 0.465 e. The van der Waals surface area contributed by atoms with E-state index in [0.29, 0.717) is 5.56 Å². The Hall–Kier alpha value is -1.58. The molecule has 3 N–H and O–H groups in total. The van der Waals surface area contributed by atoms with Gasteiger partial charge in [-0.25, -0.2) is 4.79 Å². The molecule has 1 aromatic carbocycles. The van der Waals surface area contributed by atoms with Crippen molar-refractivity contribution in [3.05, 3.63) is 35.4 Å². The number of alkyl halides is 3. The molecule has 0 heterocycles. The van der Waals surface area contributed by atoms with Gasteiger partial charge in [0.25, 0.3) is 0 Å². The number of nitrogens with one attached hydrogen (secondary N) is 1. The van der Waals surface area contributed by atoms with E-state index < -0.39 is 44.4 Å². The Bertz CT molecular complexity index is 641. The van der Waals surface area contributed by atoms with E-state index in [0.717, 1.165) is 12.1 Å². The first-order valence-electron chi connectivity index (χ1n) is 8.59. The van der Waals surface area contributed by atoms with Crippen molar-refractivity contribution in [3.8, 4) is 0 Å². The highest BCUT2D eigenvalue weighted by Gasteiger charge is 2.42. The Balaban J connectivity index is 3.22. The molecular formula is C18H28F3NO4Si. The zero-order valence-electron chi connectivity index (χ0n) is 16.4. The van der Waals surface area contributed by atoms with Gasteiger partial charge in [0.2, 0.25) is 0 Å². The van der Waals surface area contributed by atoms with Gasteiger partial charge in [-0.15, -0.1) is 0 Å². The molecule has 9 heteroatoms. The van der Waals surface area contributed by atoms with Crippen molar-refractivity contribution in [1.29, 1.82) is 0 Å². The number of hydrogen-bond donors (Lipinski definition) is 3. The van der Waals surface area contributed by atoms with E-state index in [1.807, 2.05) is 33.9 Å². The van der Waals surface area contributed by atoms with Gasteiger partial charge >= 0.3 is 12.3 Å². The number of rotatable bonds is 6. The number of carbonyl (C=O) groups is 1. The minimum absolute atomic E-state index is 0.206. The molecule has 0 fully saturated rings. The second kappa shape index (κ2) is 8.20. The van der Waals surface area contributed by atoms with Crippen LogP contribution in [0.2, 0.25) is 18.1 Å². The zero-order chi connectivity index (χ0) is 21.2. The summed E-state index contributed by atoms with van der Waals surface area (Å²) in [5, 5.41) is 21.8. The lowest BCUT2D eigenvalue weighted by atomic mass is 9.91. The fourth-order valence-corrected chi connectivity index (χ4v) is 3.53. The van der Waals surface area contributed by atoms with Crippen LogP contribution in [0.25, 0.3) is 0 Å². The number of aliphatic hydroxyl groups excluding tert-OH is 1. The fraction of sp³-hybridized carbons (Fsp3) is 0.611. The first-order valence-corrected chi connectivity index (χ1v) is 11.5. The van der Waals surface area contributed by atoms with Gasteiger partial charge in [-0.1, -0.05) is 32.9 Å². The lowest BCUT2D eigenvalue weighted by molar-refractivity contribution is -0.137. The van der Waals surface area contributed by atoms with Crippen molar-refractivity contribution in [2.45, 2.75) is 70.3 Å². The normalized spacial score (nSPS) is 16.5. The van der Waals surface area contributed by atoms with Crippen LogP contribution in [0.5, 0.6) is 0 Å². The van der Waals surface area contributed by atoms with Gasteiger partial charge in [-0.2, -0.15) is 13.2 Å². The molecule has 0 aliphatic carbocycles. The number of aliphatic hydroxyl groups is 1. The summed E-state index contributed by atoms with van der Waals surface area (Å²) in [5.41, 5.74) is -0.459. The molecule has 1 amide bonds. The van der Waals surface area contributed by atoms with E-state index in [2.05, 4.69) is 5.32 Å². The van der Waals surface area contributed by atoms with E-state index >= 15 is 0 Å². The van der Waals surface area contributed by atoms with Crippen LogP contribution >= 0.6 is 0 Å². The van der Waals surface area contributed by atoms with Gasteiger partial charge in [0.15, 0.2) is 14.6 Å². The molecule has 0 aliphatic heterocycles. The highest BCUT2D eigenvalue weighted by molar-refractivity contribution is 6.74. The van der Waals surface area contributed by atoms with Gasteiger partial charge in [-0.05, 0) is 42.8 Å². The summed E-state index contributed by atoms with van der Waals surface area (Å²) >= 11 is 0. The molecule has 1 unspecified atom stereocenters. The molecule has 0 radical (unpaired) electrons. The van der Waals surface area contributed by atoms with Crippen LogP contribution in [0.15, 0.2) is 24.3 Å². The van der Waals surface area contributed by atoms with Crippen LogP contribution in [-0.2, 0) is 10.6 Å². The summed E-state index contributed by atoms with van der Waals surface area (Å²) in [5.74, 6) is -0.863. The predicted molar refractivity (Wildman–Crippen MR) is 99.1 cm³/mol. The van der Waals surface area contributed by atoms with E-state index in [1.54, 1.807) is 0 Å². The summed E-state index contributed by atoms with van der Waals surface area (Å²) in [6, 6.07) is 3.53. The second-order valence-electron chi connectivity index (χ2n) is 8.15. The second-order valence-corrected chi connectivity index (χ2v) is 12.9. The Labute approximate surface area is 158 Å². The topological polar surface area (TPSA) is 78.8 Å². The van der Waals surface area contributed by atoms with Crippen molar-refractivity contribution in [2.75, 3.05) is 0 Å². The standard InChI is InChI=1S/C18H28F3NO4Si/c1-11(22-16(24)25)14(15(23)26-27(5,6)17(2,3)4)12-7-9-13(10-8-12)18(19,20)21/h7-11,14-15,22-23H,1-6H3,(H,24,25)/t11-,14-,15?/m1/s1. The SMILES string of the molecule is C[C@@H](NC(=O)O)[C@H](c1ccc(C(F)(F)F)cc1)C(O)O[Si](C)(C)C(C)(C)C. The first-order chi connectivity index (χ1) is 12.1. The van der Waals surface area contributed by atoms with E-state index in [-0.39, 0.29) is 5.04 Å². The Kier molecular flexibility index (Phi) is 7.12. The number of carboxylic acid groups (broad SMARTS) is 1. The monoisotopic (exact) mass is 407 g/mol. The quantitative estimate of drug-likeness (QED) is 0.468. The zero-order valence-corrected chi connectivity index (χ0v) is 17.4. The molecule has 1 rings (SSSR count). The summed E-state index contributed by atoms with van der Waals surface area (Å²) in [6.45, 7) is 11.3. The van der Waals surface area contributed by atoms with E-state index in [4.69, 9.17) is 9.53 Å². The third-order valence-electron chi connectivity index (χ3n) is 5.04. The molecule has 1 aromatic rings. The maximum absolute atomic E-state index is 12.8. The first kappa shape index (κ1) is 23.5. The van der Waals surface area contributed by atoms with Crippen LogP contribution in [0, 0.1) is 0 Å². The molecule has 0 bridgehead atoms. The van der Waals surface area contributed by atoms with Crippen LogP contribution in [0.3, 0.4) is 0 Å². The van der Waals surface area contributed by atoms with Crippen LogP contribution in [-0.4, -0.2) is 37.0 Å². The molecule has 0 aromatic heterocycles. The highest BCUT2D eigenvalue weighted by Crippen LogP contribution is 2.39. The van der Waals surface area contributed by atoms with Crippen molar-refractivity contribution < 1.29 is 32.6 Å². The van der Waals surface area contributed by atoms with Gasteiger partial charge in [0.1, 0.15) is 0 Å². The molecule has 0 spiro atoms. The number of halogens is 3. The maximum Gasteiger partial charge on any atom is 0.416 e. The van der Waals surface area contributed by atoms with Gasteiger partial charge in [-0.3, -0.25) is 0 Å². The van der Waals surface area contributed by atoms with Gasteiger partial charge < -0.3 is 20.0 Å². The third-order valence-corrected chi connectivity index (χ3v) is 9.48. The van der Waals surface area contributed by atoms with E-state index in [9.17, 15) is 23.1 Å². The highest BCUT2D eigenvalue weighted by atomic mass is 28.4. The Morgan fingerprint density at radius 2 is 1.63 bits per heavy atom. The molecule has 0 saturated carbocycles. The van der Waals surface area contributed by atoms with Gasteiger partial charge in [0, 0.05) is 6.04 Å². The molecule has 3 atom stereocenters. The molecule has 27 heavy (non-hydrogen) atoms. The third kappa shape index (κ3) is 6.22.